The van der Waals surface area contributed by atoms with Crippen molar-refractivity contribution in [2.24, 2.45) is 0 Å². The third-order valence-electron chi connectivity index (χ3n) is 14.0. The quantitative estimate of drug-likeness (QED) is 0.101. The minimum atomic E-state index is 0. The topological polar surface area (TPSA) is 38.7 Å². The molecule has 4 heteroatoms. The van der Waals surface area contributed by atoms with E-state index in [2.05, 4.69) is 234 Å². The maximum atomic E-state index is 4.90. The molecule has 3 aromatic heterocycles. The van der Waals surface area contributed by atoms with Crippen molar-refractivity contribution in [2.75, 3.05) is 0 Å². The Balaban J connectivity index is 0.00000569. The molecule has 75 heavy (non-hydrogen) atoms. The van der Waals surface area contributed by atoms with E-state index in [1.165, 1.54) is 11.1 Å². The third-order valence-corrected chi connectivity index (χ3v) is 14.0. The molecule has 0 N–H and O–H groups in total. The van der Waals surface area contributed by atoms with Crippen molar-refractivity contribution in [3.63, 3.8) is 0 Å². The first kappa shape index (κ1) is 46.9. The molecular weight excluding hydrogens is 1090 g/mol. The Morgan fingerprint density at radius 1 is 0.280 bits per heavy atom. The van der Waals surface area contributed by atoms with Crippen LogP contribution >= 0.6 is 0 Å². The van der Waals surface area contributed by atoms with Gasteiger partial charge in [0.15, 0.2) is 0 Å². The molecule has 0 radical (unpaired) electrons. The van der Waals surface area contributed by atoms with Gasteiger partial charge in [0.2, 0.25) is 0 Å². The van der Waals surface area contributed by atoms with E-state index in [4.69, 9.17) is 4.98 Å². The zero-order chi connectivity index (χ0) is 49.2. The van der Waals surface area contributed by atoms with Crippen LogP contribution in [0, 0.1) is 18.2 Å². The number of nitrogens with zero attached hydrogens (tertiary/aromatic N) is 3. The summed E-state index contributed by atoms with van der Waals surface area (Å²) in [5.41, 5.74) is 22.5. The number of fused-ring (bicyclic) bond motifs is 3. The Morgan fingerprint density at radius 3 is 1.25 bits per heavy atom. The van der Waals surface area contributed by atoms with E-state index >= 15 is 0 Å². The van der Waals surface area contributed by atoms with Gasteiger partial charge < -0.3 is 15.0 Å². The predicted molar refractivity (Wildman–Crippen MR) is 306 cm³/mol. The van der Waals surface area contributed by atoms with E-state index in [0.29, 0.717) is 0 Å². The summed E-state index contributed by atoms with van der Waals surface area (Å²) in [6.45, 7) is 0. The second-order valence-electron chi connectivity index (χ2n) is 18.4. The van der Waals surface area contributed by atoms with Crippen LogP contribution in [0.2, 0.25) is 0 Å². The van der Waals surface area contributed by atoms with Gasteiger partial charge in [-0.2, -0.15) is 0 Å². The summed E-state index contributed by atoms with van der Waals surface area (Å²) in [6.07, 6.45) is 5.52. The summed E-state index contributed by atoms with van der Waals surface area (Å²) in [5.74, 6) is 0. The van der Waals surface area contributed by atoms with Crippen LogP contribution in [0.3, 0.4) is 0 Å². The Bertz CT molecular complexity index is 3990. The van der Waals surface area contributed by atoms with Crippen LogP contribution in [0.1, 0.15) is 0 Å². The van der Waals surface area contributed by atoms with Gasteiger partial charge in [-0.1, -0.05) is 214 Å². The summed E-state index contributed by atoms with van der Waals surface area (Å²) in [4.78, 5) is 14.1. The van der Waals surface area contributed by atoms with Crippen molar-refractivity contribution in [3.05, 3.63) is 286 Å². The largest absolute Gasteiger partial charge is 3.00 e. The van der Waals surface area contributed by atoms with Crippen LogP contribution in [0.4, 0.5) is 0 Å². The van der Waals surface area contributed by atoms with E-state index < -0.39 is 0 Å². The van der Waals surface area contributed by atoms with Gasteiger partial charge in [0.25, 0.3) is 0 Å². The molecule has 0 aliphatic carbocycles. The molecule has 0 bridgehead atoms. The Kier molecular flexibility index (Phi) is 13.0. The predicted octanol–water partition coefficient (Wildman–Crippen LogP) is 18.2. The number of hydrogen-bond donors (Lipinski definition) is 0. The summed E-state index contributed by atoms with van der Waals surface area (Å²) in [7, 11) is 0. The molecule has 0 fully saturated rings. The summed E-state index contributed by atoms with van der Waals surface area (Å²) < 4.78 is 0. The van der Waals surface area contributed by atoms with Gasteiger partial charge in [-0.15, -0.1) is 77.2 Å². The van der Waals surface area contributed by atoms with Crippen LogP contribution in [0.25, 0.3) is 133 Å². The van der Waals surface area contributed by atoms with Crippen LogP contribution in [0.5, 0.6) is 0 Å². The van der Waals surface area contributed by atoms with E-state index in [1.54, 1.807) is 0 Å². The molecule has 0 amide bonds. The van der Waals surface area contributed by atoms with Crippen molar-refractivity contribution in [2.45, 2.75) is 0 Å². The van der Waals surface area contributed by atoms with Gasteiger partial charge >= 0.3 is 20.1 Å². The molecule has 3 nitrogen and oxygen atoms in total. The first-order valence-electron chi connectivity index (χ1n) is 24.9. The van der Waals surface area contributed by atoms with E-state index in [-0.39, 0.29) is 20.1 Å². The summed E-state index contributed by atoms with van der Waals surface area (Å²) in [5, 5.41) is 3.19. The van der Waals surface area contributed by atoms with Gasteiger partial charge in [0, 0.05) is 18.6 Å². The van der Waals surface area contributed by atoms with Gasteiger partial charge in [-0.3, -0.25) is 0 Å². The van der Waals surface area contributed by atoms with Crippen molar-refractivity contribution in [1.82, 2.24) is 15.0 Å². The fourth-order valence-electron chi connectivity index (χ4n) is 10.4. The van der Waals surface area contributed by atoms with Crippen LogP contribution in [-0.4, -0.2) is 15.0 Å². The Labute approximate surface area is 451 Å². The van der Waals surface area contributed by atoms with Gasteiger partial charge in [0.1, 0.15) is 0 Å². The SMILES string of the molecule is [Ir+3].[c-]1cc(-c2ccccc2-c2cc(-c3ccccc3-c3c[c-]c(-c4ccccn4)cc3)cc(-c3ccccc3-c3c[c-]c4c(ccc5cccnc54)c3-c3ccc(-c4ccccc4)cc3)c2)ccc1-c1ccccn1. The number of pyridine rings is 3. The standard InChI is InChI=1S/C71H44N3.Ir/c1-2-15-48(16-3-1)49-26-36-54(37-27-49)70-65(40-41-67-66(70)39-38-55-17-14-44-74-71(55)67)64-23-9-8-22-63(64)58-46-56(61-20-6-4-18-59(61)50-28-32-52(33-29-50)68-24-10-12-42-72-68)45-57(47-58)62-21-7-5-19-60(62)51-30-34-53(35-31-51)69-25-11-13-43-73-69;/h1-32,34,36-40,42-47H;/q-3;+3. The fraction of sp³-hybridized carbons (Fsp3) is 0. The maximum absolute atomic E-state index is 4.90. The van der Waals surface area contributed by atoms with E-state index in [9.17, 15) is 0 Å². The molecule has 0 saturated heterocycles. The molecule has 0 aliphatic rings. The molecule has 0 spiro atoms. The van der Waals surface area contributed by atoms with Gasteiger partial charge in [-0.25, -0.2) is 0 Å². The minimum absolute atomic E-state index is 0. The zero-order valence-corrected chi connectivity index (χ0v) is 43.0. The summed E-state index contributed by atoms with van der Waals surface area (Å²) >= 11 is 0. The monoisotopic (exact) mass is 1130 g/mol. The van der Waals surface area contributed by atoms with Crippen molar-refractivity contribution < 1.29 is 20.1 Å². The molecule has 13 aromatic rings. The Hall–Kier alpha value is -9.18. The van der Waals surface area contributed by atoms with Crippen LogP contribution < -0.4 is 0 Å². The number of benzene rings is 10. The first-order chi connectivity index (χ1) is 36.7. The average Bonchev–Trinajstić information content (AvgIpc) is 3.50. The maximum Gasteiger partial charge on any atom is 3.00 e. The normalized spacial score (nSPS) is 11.1. The molecule has 0 unspecified atom stereocenters. The smallest absolute Gasteiger partial charge is 0.305 e. The second-order valence-corrected chi connectivity index (χ2v) is 18.4. The molecule has 3 heterocycles. The van der Waals surface area contributed by atoms with Crippen molar-refractivity contribution >= 4 is 21.7 Å². The molecule has 352 valence electrons. The molecule has 0 saturated carbocycles. The minimum Gasteiger partial charge on any atom is -0.305 e. The van der Waals surface area contributed by atoms with Gasteiger partial charge in [0.05, 0.1) is 0 Å². The summed E-state index contributed by atoms with van der Waals surface area (Å²) in [6, 6.07) is 99.2. The van der Waals surface area contributed by atoms with E-state index in [0.717, 1.165) is 122 Å². The fourth-order valence-corrected chi connectivity index (χ4v) is 10.4. The van der Waals surface area contributed by atoms with Crippen LogP contribution in [-0.2, 0) is 20.1 Å². The number of hydrogen-bond acceptors (Lipinski definition) is 3. The molecule has 13 rings (SSSR count). The van der Waals surface area contributed by atoms with Gasteiger partial charge in [-0.05, 0) is 109 Å². The molecule has 10 aromatic carbocycles. The Morgan fingerprint density at radius 2 is 0.733 bits per heavy atom. The number of rotatable bonds is 10. The third kappa shape index (κ3) is 9.19. The number of aromatic nitrogens is 3. The molecular formula is C71H44IrN3. The average molecular weight is 1130 g/mol. The molecule has 0 atom stereocenters. The second kappa shape index (κ2) is 20.7. The van der Waals surface area contributed by atoms with Crippen molar-refractivity contribution in [3.8, 4) is 112 Å². The first-order valence-corrected chi connectivity index (χ1v) is 24.9. The van der Waals surface area contributed by atoms with Crippen molar-refractivity contribution in [1.29, 1.82) is 0 Å². The van der Waals surface area contributed by atoms with E-state index in [1.807, 2.05) is 61.1 Å². The molecule has 0 aliphatic heterocycles. The van der Waals surface area contributed by atoms with Crippen LogP contribution in [0.15, 0.2) is 267 Å². The zero-order valence-electron chi connectivity index (χ0n) is 40.6.